The van der Waals surface area contributed by atoms with Gasteiger partial charge in [-0.15, -0.1) is 0 Å². The summed E-state index contributed by atoms with van der Waals surface area (Å²) in [4.78, 5) is 17.6. The van der Waals surface area contributed by atoms with Gasteiger partial charge in [0.25, 0.3) is 5.56 Å². The van der Waals surface area contributed by atoms with Crippen LogP contribution in [0.1, 0.15) is 5.56 Å². The van der Waals surface area contributed by atoms with Crippen LogP contribution >= 0.6 is 0 Å². The molecule has 2 aromatic heterocycles. The fourth-order valence-electron chi connectivity index (χ4n) is 2.13. The number of rotatable bonds is 1. The Morgan fingerprint density at radius 3 is 2.82 bits per heavy atom. The minimum absolute atomic E-state index is 0.147. The Morgan fingerprint density at radius 2 is 2.06 bits per heavy atom. The standard InChI is InChI=1S/C13H11N3O/c1-7(14)9-6-15-12-11(9)8-4-2-3-5-10(8)16-13(12)17/h2-6,15H,1,14H2,(H,16,17). The number of aromatic nitrogens is 2. The summed E-state index contributed by atoms with van der Waals surface area (Å²) < 4.78 is 0. The fraction of sp³-hybridized carbons (Fsp3) is 0. The zero-order chi connectivity index (χ0) is 12.0. The second-order valence-corrected chi connectivity index (χ2v) is 3.98. The lowest BCUT2D eigenvalue weighted by Crippen LogP contribution is -2.06. The summed E-state index contributed by atoms with van der Waals surface area (Å²) in [5, 5.41) is 1.79. The first kappa shape index (κ1) is 9.72. The summed E-state index contributed by atoms with van der Waals surface area (Å²) in [6.07, 6.45) is 1.72. The highest BCUT2D eigenvalue weighted by Crippen LogP contribution is 2.26. The van der Waals surface area contributed by atoms with Crippen molar-refractivity contribution in [3.63, 3.8) is 0 Å². The van der Waals surface area contributed by atoms with Crippen LogP contribution in [-0.4, -0.2) is 9.97 Å². The predicted molar refractivity (Wildman–Crippen MR) is 69.6 cm³/mol. The van der Waals surface area contributed by atoms with Gasteiger partial charge in [0.15, 0.2) is 0 Å². The maximum Gasteiger partial charge on any atom is 0.272 e. The molecule has 0 saturated heterocycles. The van der Waals surface area contributed by atoms with Crippen LogP contribution in [0.25, 0.3) is 27.5 Å². The maximum absolute atomic E-state index is 11.9. The third-order valence-corrected chi connectivity index (χ3v) is 2.90. The van der Waals surface area contributed by atoms with Crippen molar-refractivity contribution >= 4 is 27.5 Å². The normalized spacial score (nSPS) is 11.1. The van der Waals surface area contributed by atoms with Crippen molar-refractivity contribution in [2.75, 3.05) is 0 Å². The van der Waals surface area contributed by atoms with E-state index in [0.717, 1.165) is 21.9 Å². The molecule has 0 radical (unpaired) electrons. The molecule has 0 saturated carbocycles. The summed E-state index contributed by atoms with van der Waals surface area (Å²) in [5.74, 6) is 0. The van der Waals surface area contributed by atoms with E-state index in [1.54, 1.807) is 6.20 Å². The molecule has 0 aliphatic rings. The number of H-pyrrole nitrogens is 2. The molecule has 0 atom stereocenters. The first-order valence-corrected chi connectivity index (χ1v) is 5.25. The Balaban J connectivity index is 2.65. The number of nitrogens with one attached hydrogen (secondary N) is 2. The highest BCUT2D eigenvalue weighted by Gasteiger charge is 2.11. The Labute approximate surface area is 96.8 Å². The van der Waals surface area contributed by atoms with E-state index in [1.165, 1.54) is 0 Å². The SMILES string of the molecule is C=C(N)c1c[nH]c2c(=O)[nH]c3ccccc3c12. The molecular formula is C13H11N3O. The third-order valence-electron chi connectivity index (χ3n) is 2.90. The van der Waals surface area contributed by atoms with Crippen molar-refractivity contribution in [3.05, 3.63) is 53.0 Å². The molecule has 17 heavy (non-hydrogen) atoms. The zero-order valence-electron chi connectivity index (χ0n) is 9.08. The van der Waals surface area contributed by atoms with Crippen molar-refractivity contribution in [3.8, 4) is 0 Å². The number of hydrogen-bond donors (Lipinski definition) is 3. The number of hydrogen-bond acceptors (Lipinski definition) is 2. The number of para-hydroxylation sites is 1. The molecule has 0 bridgehead atoms. The Morgan fingerprint density at radius 1 is 1.29 bits per heavy atom. The van der Waals surface area contributed by atoms with Crippen LogP contribution in [0.2, 0.25) is 0 Å². The van der Waals surface area contributed by atoms with Gasteiger partial charge < -0.3 is 15.7 Å². The van der Waals surface area contributed by atoms with Crippen molar-refractivity contribution in [1.29, 1.82) is 0 Å². The second-order valence-electron chi connectivity index (χ2n) is 3.98. The average molecular weight is 225 g/mol. The summed E-state index contributed by atoms with van der Waals surface area (Å²) in [6, 6.07) is 7.63. The molecule has 2 heterocycles. The molecular weight excluding hydrogens is 214 g/mol. The number of pyridine rings is 1. The van der Waals surface area contributed by atoms with Crippen LogP contribution in [-0.2, 0) is 0 Å². The molecule has 0 aliphatic heterocycles. The van der Waals surface area contributed by atoms with Gasteiger partial charge in [0.2, 0.25) is 0 Å². The minimum atomic E-state index is -0.147. The lowest BCUT2D eigenvalue weighted by atomic mass is 10.1. The molecule has 0 amide bonds. The topological polar surface area (TPSA) is 74.7 Å². The van der Waals surface area contributed by atoms with E-state index >= 15 is 0 Å². The van der Waals surface area contributed by atoms with E-state index in [2.05, 4.69) is 16.5 Å². The summed E-state index contributed by atoms with van der Waals surface area (Å²) in [7, 11) is 0. The average Bonchev–Trinajstić information content (AvgIpc) is 2.74. The van der Waals surface area contributed by atoms with E-state index in [0.29, 0.717) is 11.2 Å². The molecule has 3 rings (SSSR count). The van der Waals surface area contributed by atoms with Gasteiger partial charge in [0, 0.05) is 33.7 Å². The third kappa shape index (κ3) is 1.27. The first-order valence-electron chi connectivity index (χ1n) is 5.25. The van der Waals surface area contributed by atoms with Gasteiger partial charge in [0.1, 0.15) is 5.52 Å². The molecule has 4 N–H and O–H groups in total. The van der Waals surface area contributed by atoms with E-state index in [-0.39, 0.29) is 5.56 Å². The molecule has 0 spiro atoms. The minimum Gasteiger partial charge on any atom is -0.399 e. The lowest BCUT2D eigenvalue weighted by molar-refractivity contribution is 1.31. The second kappa shape index (κ2) is 3.25. The lowest BCUT2D eigenvalue weighted by Gasteiger charge is -2.02. The number of aromatic amines is 2. The maximum atomic E-state index is 11.9. The Bertz CT molecular complexity index is 795. The van der Waals surface area contributed by atoms with Crippen LogP contribution in [0.5, 0.6) is 0 Å². The molecule has 0 fully saturated rings. The highest BCUT2D eigenvalue weighted by atomic mass is 16.1. The number of fused-ring (bicyclic) bond motifs is 3. The van der Waals surface area contributed by atoms with Crippen LogP contribution in [0.3, 0.4) is 0 Å². The molecule has 84 valence electrons. The summed E-state index contributed by atoms with van der Waals surface area (Å²) in [5.41, 5.74) is 8.15. The van der Waals surface area contributed by atoms with Crippen molar-refractivity contribution in [2.45, 2.75) is 0 Å². The summed E-state index contributed by atoms with van der Waals surface area (Å²) in [6.45, 7) is 3.73. The smallest absolute Gasteiger partial charge is 0.272 e. The van der Waals surface area contributed by atoms with Gasteiger partial charge in [-0.1, -0.05) is 24.8 Å². The van der Waals surface area contributed by atoms with E-state index < -0.39 is 0 Å². The van der Waals surface area contributed by atoms with Crippen LogP contribution in [0, 0.1) is 0 Å². The van der Waals surface area contributed by atoms with Crippen molar-refractivity contribution in [2.24, 2.45) is 5.73 Å². The molecule has 4 nitrogen and oxygen atoms in total. The summed E-state index contributed by atoms with van der Waals surface area (Å²) >= 11 is 0. The van der Waals surface area contributed by atoms with Gasteiger partial charge >= 0.3 is 0 Å². The van der Waals surface area contributed by atoms with Crippen LogP contribution < -0.4 is 11.3 Å². The van der Waals surface area contributed by atoms with E-state index in [1.807, 2.05) is 24.3 Å². The molecule has 0 aliphatic carbocycles. The predicted octanol–water partition coefficient (Wildman–Crippen LogP) is 1.94. The molecule has 1 aromatic carbocycles. The Hall–Kier alpha value is -2.49. The first-order chi connectivity index (χ1) is 8.18. The van der Waals surface area contributed by atoms with Gasteiger partial charge in [0.05, 0.1) is 0 Å². The largest absolute Gasteiger partial charge is 0.399 e. The quantitative estimate of drug-likeness (QED) is 0.592. The fourth-order valence-corrected chi connectivity index (χ4v) is 2.13. The Kier molecular flexibility index (Phi) is 1.86. The molecule has 4 heteroatoms. The highest BCUT2D eigenvalue weighted by molar-refractivity contribution is 6.09. The van der Waals surface area contributed by atoms with Crippen molar-refractivity contribution in [1.82, 2.24) is 9.97 Å². The van der Waals surface area contributed by atoms with Gasteiger partial charge in [-0.2, -0.15) is 0 Å². The monoisotopic (exact) mass is 225 g/mol. The van der Waals surface area contributed by atoms with E-state index in [4.69, 9.17) is 5.73 Å². The molecule has 0 unspecified atom stereocenters. The van der Waals surface area contributed by atoms with Gasteiger partial charge in [-0.25, -0.2) is 0 Å². The van der Waals surface area contributed by atoms with Crippen LogP contribution in [0.4, 0.5) is 0 Å². The number of nitrogens with two attached hydrogens (primary N) is 1. The van der Waals surface area contributed by atoms with Gasteiger partial charge in [-0.05, 0) is 6.07 Å². The van der Waals surface area contributed by atoms with Gasteiger partial charge in [-0.3, -0.25) is 4.79 Å². The van der Waals surface area contributed by atoms with E-state index in [9.17, 15) is 4.79 Å². The van der Waals surface area contributed by atoms with Crippen LogP contribution in [0.15, 0.2) is 41.8 Å². The zero-order valence-corrected chi connectivity index (χ0v) is 9.08. The van der Waals surface area contributed by atoms with Crippen molar-refractivity contribution < 1.29 is 0 Å². The molecule has 3 aromatic rings. The number of benzene rings is 1.